The molecule has 2 saturated heterocycles. The number of fused-ring (bicyclic) bond motifs is 1. The number of carbonyl (C=O) groups is 2. The van der Waals surface area contributed by atoms with Gasteiger partial charge in [0.25, 0.3) is 0 Å². The highest BCUT2D eigenvalue weighted by Crippen LogP contribution is 2.29. The van der Waals surface area contributed by atoms with Gasteiger partial charge in [-0.1, -0.05) is 6.92 Å². The summed E-state index contributed by atoms with van der Waals surface area (Å²) in [6, 6.07) is 7.89. The number of carboxylic acids is 1. The van der Waals surface area contributed by atoms with E-state index in [1.807, 2.05) is 28.0 Å². The van der Waals surface area contributed by atoms with Gasteiger partial charge in [0, 0.05) is 29.2 Å². The normalized spacial score (nSPS) is 21.6. The number of aromatic amines is 1. The van der Waals surface area contributed by atoms with Crippen LogP contribution >= 0.6 is 0 Å². The van der Waals surface area contributed by atoms with Crippen molar-refractivity contribution in [1.29, 1.82) is 5.26 Å². The number of nitrogens with zero attached hydrogens (tertiary/aromatic N) is 3. The van der Waals surface area contributed by atoms with Crippen LogP contribution < -0.4 is 0 Å². The number of likely N-dealkylation sites (tertiary alicyclic amines) is 2. The van der Waals surface area contributed by atoms with Gasteiger partial charge in [-0.15, -0.1) is 0 Å². The fourth-order valence-corrected chi connectivity index (χ4v) is 5.39. The molecular formula is C24H30N4O3. The number of nitrogens with one attached hydrogen (secondary N) is 1. The Morgan fingerprint density at radius 2 is 2.06 bits per heavy atom. The van der Waals surface area contributed by atoms with Gasteiger partial charge < -0.3 is 15.0 Å². The van der Waals surface area contributed by atoms with Crippen molar-refractivity contribution in [3.63, 3.8) is 0 Å². The Bertz CT molecular complexity index is 1020. The van der Waals surface area contributed by atoms with Crippen LogP contribution in [0, 0.1) is 11.3 Å². The van der Waals surface area contributed by atoms with Crippen LogP contribution in [0.5, 0.6) is 0 Å². The van der Waals surface area contributed by atoms with Crippen molar-refractivity contribution in [3.8, 4) is 6.07 Å². The van der Waals surface area contributed by atoms with E-state index in [0.717, 1.165) is 62.4 Å². The van der Waals surface area contributed by atoms with Gasteiger partial charge in [0.2, 0.25) is 5.91 Å². The second-order valence-electron chi connectivity index (χ2n) is 8.70. The number of hydrogen-bond acceptors (Lipinski definition) is 4. The Kier molecular flexibility index (Phi) is 6.28. The molecule has 0 bridgehead atoms. The average Bonchev–Trinajstić information content (AvgIpc) is 3.48. The summed E-state index contributed by atoms with van der Waals surface area (Å²) in [5, 5.41) is 19.5. The summed E-state index contributed by atoms with van der Waals surface area (Å²) in [5.41, 5.74) is 4.18. The molecule has 7 heteroatoms. The first-order valence-electron chi connectivity index (χ1n) is 11.3. The van der Waals surface area contributed by atoms with E-state index in [0.29, 0.717) is 12.1 Å². The molecule has 2 aliphatic rings. The number of H-pyrrole nitrogens is 1. The van der Waals surface area contributed by atoms with Crippen LogP contribution in [0.4, 0.5) is 0 Å². The van der Waals surface area contributed by atoms with Crippen molar-refractivity contribution >= 4 is 22.8 Å². The average molecular weight is 423 g/mol. The lowest BCUT2D eigenvalue weighted by atomic mass is 10.0. The Balaban J connectivity index is 1.46. The van der Waals surface area contributed by atoms with E-state index in [2.05, 4.69) is 18.0 Å². The van der Waals surface area contributed by atoms with E-state index in [9.17, 15) is 14.9 Å². The first kappa shape index (κ1) is 21.4. The quantitative estimate of drug-likeness (QED) is 0.714. The minimum Gasteiger partial charge on any atom is -0.480 e. The maximum absolute atomic E-state index is 13.2. The standard InChI is InChI=1S/C24H30N4O3/c1-2-18-19-13-16(14-25)7-9-21(19)26-20(18)10-8-17-5-3-12-28(17)24(31)22-6-4-11-27(22)15-23(29)30/h7,9,13,17,22,26H,2-6,8,10-12,15H2,1H3,(H,29,30)/t17-,22+/m0/s1. The molecule has 1 aromatic carbocycles. The number of aryl methyl sites for hydroxylation is 2. The number of benzene rings is 1. The first-order chi connectivity index (χ1) is 15.0. The molecule has 2 aromatic rings. The molecule has 164 valence electrons. The summed E-state index contributed by atoms with van der Waals surface area (Å²) in [7, 11) is 0. The number of amides is 1. The van der Waals surface area contributed by atoms with Crippen LogP contribution in [0.1, 0.15) is 55.8 Å². The van der Waals surface area contributed by atoms with Gasteiger partial charge >= 0.3 is 5.97 Å². The molecule has 2 N–H and O–H groups in total. The molecular weight excluding hydrogens is 392 g/mol. The summed E-state index contributed by atoms with van der Waals surface area (Å²) in [6.45, 7) is 3.52. The predicted octanol–water partition coefficient (Wildman–Crippen LogP) is 3.07. The van der Waals surface area contributed by atoms with E-state index in [1.54, 1.807) is 0 Å². The highest BCUT2D eigenvalue weighted by atomic mass is 16.4. The predicted molar refractivity (Wildman–Crippen MR) is 118 cm³/mol. The maximum Gasteiger partial charge on any atom is 0.317 e. The van der Waals surface area contributed by atoms with Crippen LogP contribution in [-0.4, -0.2) is 63.5 Å². The number of carbonyl (C=O) groups excluding carboxylic acids is 1. The Morgan fingerprint density at radius 1 is 1.26 bits per heavy atom. The van der Waals surface area contributed by atoms with Crippen molar-refractivity contribution in [2.45, 2.75) is 64.0 Å². The molecule has 1 amide bonds. The fourth-order valence-electron chi connectivity index (χ4n) is 5.39. The SMILES string of the molecule is CCc1c(CC[C@@H]2CCCN2C(=O)[C@H]2CCCN2CC(=O)O)[nH]c2ccc(C#N)cc12. The first-order valence-corrected chi connectivity index (χ1v) is 11.3. The van der Waals surface area contributed by atoms with Crippen molar-refractivity contribution in [2.24, 2.45) is 0 Å². The highest BCUT2D eigenvalue weighted by molar-refractivity contribution is 5.86. The topological polar surface area (TPSA) is 100 Å². The molecule has 2 atom stereocenters. The Hall–Kier alpha value is -2.85. The largest absolute Gasteiger partial charge is 0.480 e. The van der Waals surface area contributed by atoms with E-state index in [-0.39, 0.29) is 24.5 Å². The van der Waals surface area contributed by atoms with E-state index < -0.39 is 5.97 Å². The molecule has 7 nitrogen and oxygen atoms in total. The summed E-state index contributed by atoms with van der Waals surface area (Å²) in [5.74, 6) is -0.768. The number of aromatic nitrogens is 1. The summed E-state index contributed by atoms with van der Waals surface area (Å²) in [6.07, 6.45) is 6.27. The third kappa shape index (κ3) is 4.31. The van der Waals surface area contributed by atoms with Crippen LogP contribution in [0.2, 0.25) is 0 Å². The van der Waals surface area contributed by atoms with Crippen LogP contribution in [0.3, 0.4) is 0 Å². The molecule has 2 aliphatic heterocycles. The van der Waals surface area contributed by atoms with Crippen molar-refractivity contribution in [1.82, 2.24) is 14.8 Å². The van der Waals surface area contributed by atoms with E-state index >= 15 is 0 Å². The summed E-state index contributed by atoms with van der Waals surface area (Å²) in [4.78, 5) is 31.8. The molecule has 0 spiro atoms. The van der Waals surface area contributed by atoms with E-state index in [1.165, 1.54) is 11.3 Å². The molecule has 0 saturated carbocycles. The zero-order valence-corrected chi connectivity index (χ0v) is 18.1. The number of nitriles is 1. The summed E-state index contributed by atoms with van der Waals surface area (Å²) >= 11 is 0. The van der Waals surface area contributed by atoms with Crippen LogP contribution in [0.15, 0.2) is 18.2 Å². The van der Waals surface area contributed by atoms with Crippen molar-refractivity contribution in [2.75, 3.05) is 19.6 Å². The third-order valence-electron chi connectivity index (χ3n) is 6.85. The molecule has 1 aromatic heterocycles. The minimum atomic E-state index is -0.872. The molecule has 0 aliphatic carbocycles. The molecule has 2 fully saturated rings. The molecule has 0 unspecified atom stereocenters. The van der Waals surface area contributed by atoms with Gasteiger partial charge in [0.05, 0.1) is 24.2 Å². The van der Waals surface area contributed by atoms with Crippen LogP contribution in [-0.2, 0) is 22.4 Å². The zero-order chi connectivity index (χ0) is 22.0. The van der Waals surface area contributed by atoms with Gasteiger partial charge in [0.15, 0.2) is 0 Å². The van der Waals surface area contributed by atoms with Gasteiger partial charge in [0.1, 0.15) is 0 Å². The van der Waals surface area contributed by atoms with Gasteiger partial charge in [-0.25, -0.2) is 0 Å². The third-order valence-corrected chi connectivity index (χ3v) is 6.85. The second-order valence-corrected chi connectivity index (χ2v) is 8.70. The van der Waals surface area contributed by atoms with Crippen molar-refractivity contribution < 1.29 is 14.7 Å². The minimum absolute atomic E-state index is 0.0610. The van der Waals surface area contributed by atoms with Gasteiger partial charge in [-0.3, -0.25) is 14.5 Å². The number of rotatable bonds is 7. The smallest absolute Gasteiger partial charge is 0.317 e. The number of carboxylic acid groups (broad SMARTS) is 1. The number of aliphatic carboxylic acids is 1. The zero-order valence-electron chi connectivity index (χ0n) is 18.1. The lowest BCUT2D eigenvalue weighted by molar-refractivity contribution is -0.141. The lowest BCUT2D eigenvalue weighted by Gasteiger charge is -2.31. The highest BCUT2D eigenvalue weighted by Gasteiger charge is 2.38. The van der Waals surface area contributed by atoms with Crippen LogP contribution in [0.25, 0.3) is 10.9 Å². The lowest BCUT2D eigenvalue weighted by Crippen LogP contribution is -2.48. The van der Waals surface area contributed by atoms with Crippen molar-refractivity contribution in [3.05, 3.63) is 35.0 Å². The van der Waals surface area contributed by atoms with Gasteiger partial charge in [-0.05, 0) is 75.3 Å². The molecule has 0 radical (unpaired) electrons. The monoisotopic (exact) mass is 422 g/mol. The summed E-state index contributed by atoms with van der Waals surface area (Å²) < 4.78 is 0. The molecule has 4 rings (SSSR count). The Labute approximate surface area is 182 Å². The second kappa shape index (κ2) is 9.11. The molecule has 31 heavy (non-hydrogen) atoms. The molecule has 3 heterocycles. The van der Waals surface area contributed by atoms with E-state index in [4.69, 9.17) is 5.11 Å². The fraction of sp³-hybridized carbons (Fsp3) is 0.542. The Morgan fingerprint density at radius 3 is 2.81 bits per heavy atom. The maximum atomic E-state index is 13.2. The number of hydrogen-bond donors (Lipinski definition) is 2. The van der Waals surface area contributed by atoms with Gasteiger partial charge in [-0.2, -0.15) is 5.26 Å².